The van der Waals surface area contributed by atoms with Crippen LogP contribution in [-0.2, 0) is 4.74 Å². The molecule has 0 saturated heterocycles. The number of hydrogen-bond acceptors (Lipinski definition) is 6. The maximum Gasteiger partial charge on any atom is 0.345 e. The van der Waals surface area contributed by atoms with Crippen molar-refractivity contribution in [2.24, 2.45) is 5.73 Å². The van der Waals surface area contributed by atoms with Crippen LogP contribution >= 0.6 is 0 Å². The SMILES string of the molecule is C=C(CC)Nc1nc(NC2CCC(OC(F)F)CC2)ncc1C(N)=O. The van der Waals surface area contributed by atoms with Gasteiger partial charge in [0.05, 0.1) is 6.10 Å². The molecule has 0 atom stereocenters. The Kier molecular flexibility index (Phi) is 6.63. The first-order valence-corrected chi connectivity index (χ1v) is 8.20. The molecule has 0 aromatic carbocycles. The second-order valence-electron chi connectivity index (χ2n) is 5.92. The molecule has 138 valence electrons. The average Bonchev–Trinajstić information content (AvgIpc) is 2.56. The predicted molar refractivity (Wildman–Crippen MR) is 90.4 cm³/mol. The molecule has 1 aromatic heterocycles. The minimum absolute atomic E-state index is 0.0548. The summed E-state index contributed by atoms with van der Waals surface area (Å²) in [7, 11) is 0. The summed E-state index contributed by atoms with van der Waals surface area (Å²) < 4.78 is 29.0. The van der Waals surface area contributed by atoms with Gasteiger partial charge in [0.15, 0.2) is 0 Å². The third-order valence-corrected chi connectivity index (χ3v) is 4.08. The molecule has 0 aliphatic heterocycles. The minimum Gasteiger partial charge on any atom is -0.365 e. The third kappa shape index (κ3) is 5.63. The quantitative estimate of drug-likeness (QED) is 0.663. The molecule has 25 heavy (non-hydrogen) atoms. The van der Waals surface area contributed by atoms with E-state index in [4.69, 9.17) is 5.73 Å². The van der Waals surface area contributed by atoms with Crippen molar-refractivity contribution in [3.63, 3.8) is 0 Å². The summed E-state index contributed by atoms with van der Waals surface area (Å²) in [4.78, 5) is 19.9. The lowest BCUT2D eigenvalue weighted by Crippen LogP contribution is -2.31. The molecule has 1 aromatic rings. The Morgan fingerprint density at radius 2 is 2.12 bits per heavy atom. The zero-order chi connectivity index (χ0) is 18.4. The van der Waals surface area contributed by atoms with E-state index < -0.39 is 18.6 Å². The standard InChI is InChI=1S/C16H23F2N5O2/c1-3-9(2)21-14-12(13(19)24)8-20-16(23-14)22-10-4-6-11(7-5-10)25-15(17)18/h8,10-11,15H,2-7H2,1H3,(H2,19,24)(H2,20,21,22,23). The zero-order valence-corrected chi connectivity index (χ0v) is 14.1. The van der Waals surface area contributed by atoms with Crippen LogP contribution in [0.3, 0.4) is 0 Å². The molecule has 1 amide bonds. The summed E-state index contributed by atoms with van der Waals surface area (Å²) in [5, 5.41) is 6.12. The topological polar surface area (TPSA) is 102 Å². The summed E-state index contributed by atoms with van der Waals surface area (Å²) in [6.45, 7) is 3.01. The lowest BCUT2D eigenvalue weighted by atomic mass is 9.93. The van der Waals surface area contributed by atoms with Gasteiger partial charge in [-0.1, -0.05) is 13.5 Å². The van der Waals surface area contributed by atoms with E-state index in [1.807, 2.05) is 6.92 Å². The Morgan fingerprint density at radius 1 is 1.44 bits per heavy atom. The number of ether oxygens (including phenoxy) is 1. The summed E-state index contributed by atoms with van der Waals surface area (Å²) in [5.41, 5.74) is 6.20. The molecule has 0 bridgehead atoms. The number of anilines is 2. The van der Waals surface area contributed by atoms with Gasteiger partial charge in [-0.05, 0) is 32.1 Å². The molecule has 1 heterocycles. The molecule has 1 aliphatic carbocycles. The number of carbonyl (C=O) groups is 1. The van der Waals surface area contributed by atoms with Gasteiger partial charge in [-0.25, -0.2) is 4.98 Å². The lowest BCUT2D eigenvalue weighted by Gasteiger charge is -2.28. The van der Waals surface area contributed by atoms with Gasteiger partial charge < -0.3 is 21.1 Å². The van der Waals surface area contributed by atoms with Gasteiger partial charge in [0.25, 0.3) is 5.91 Å². The van der Waals surface area contributed by atoms with Crippen LogP contribution in [0.15, 0.2) is 18.5 Å². The van der Waals surface area contributed by atoms with Crippen molar-refractivity contribution in [2.45, 2.75) is 57.8 Å². The number of alkyl halides is 2. The van der Waals surface area contributed by atoms with Crippen molar-refractivity contribution in [1.29, 1.82) is 0 Å². The van der Waals surface area contributed by atoms with E-state index in [9.17, 15) is 13.6 Å². The third-order valence-electron chi connectivity index (χ3n) is 4.08. The van der Waals surface area contributed by atoms with E-state index in [2.05, 4.69) is 31.9 Å². The number of hydrogen-bond donors (Lipinski definition) is 3. The van der Waals surface area contributed by atoms with Crippen molar-refractivity contribution in [2.75, 3.05) is 10.6 Å². The second-order valence-corrected chi connectivity index (χ2v) is 5.92. The van der Waals surface area contributed by atoms with Crippen LogP contribution in [0.5, 0.6) is 0 Å². The summed E-state index contributed by atoms with van der Waals surface area (Å²) >= 11 is 0. The number of allylic oxidation sites excluding steroid dienone is 1. The Balaban J connectivity index is 2.01. The number of carbonyl (C=O) groups excluding carboxylic acids is 1. The fourth-order valence-electron chi connectivity index (χ4n) is 2.65. The van der Waals surface area contributed by atoms with Crippen LogP contribution in [-0.4, -0.2) is 34.6 Å². The van der Waals surface area contributed by atoms with Crippen LogP contribution in [0.4, 0.5) is 20.5 Å². The van der Waals surface area contributed by atoms with Gasteiger partial charge in [0.1, 0.15) is 11.4 Å². The van der Waals surface area contributed by atoms with E-state index in [1.54, 1.807) is 0 Å². The first kappa shape index (κ1) is 19.0. The highest BCUT2D eigenvalue weighted by Crippen LogP contribution is 2.25. The molecule has 1 saturated carbocycles. The maximum absolute atomic E-state index is 12.2. The highest BCUT2D eigenvalue weighted by atomic mass is 19.3. The monoisotopic (exact) mass is 355 g/mol. The number of aromatic nitrogens is 2. The Morgan fingerprint density at radius 3 is 2.68 bits per heavy atom. The molecule has 9 heteroatoms. The summed E-state index contributed by atoms with van der Waals surface area (Å²) in [5.74, 6) is 0.00353. The molecule has 4 N–H and O–H groups in total. The number of halogens is 2. The molecule has 1 aliphatic rings. The first-order chi connectivity index (χ1) is 11.9. The largest absolute Gasteiger partial charge is 0.365 e. The highest BCUT2D eigenvalue weighted by Gasteiger charge is 2.24. The second kappa shape index (κ2) is 8.70. The molecule has 0 spiro atoms. The van der Waals surface area contributed by atoms with Crippen molar-refractivity contribution in [1.82, 2.24) is 9.97 Å². The van der Waals surface area contributed by atoms with E-state index in [1.165, 1.54) is 6.20 Å². The molecule has 2 rings (SSSR count). The van der Waals surface area contributed by atoms with Crippen LogP contribution in [0.25, 0.3) is 0 Å². The molecule has 1 fully saturated rings. The number of primary amides is 1. The molecular formula is C16H23F2N5O2. The van der Waals surface area contributed by atoms with Crippen LogP contribution in [0.1, 0.15) is 49.4 Å². The van der Waals surface area contributed by atoms with E-state index in [-0.39, 0.29) is 11.6 Å². The predicted octanol–water partition coefficient (Wildman–Crippen LogP) is 2.87. The van der Waals surface area contributed by atoms with E-state index in [0.717, 1.165) is 0 Å². The lowest BCUT2D eigenvalue weighted by molar-refractivity contribution is -0.169. The Hall–Kier alpha value is -2.29. The van der Waals surface area contributed by atoms with E-state index in [0.29, 0.717) is 49.6 Å². The Labute approximate surface area is 145 Å². The number of amides is 1. The van der Waals surface area contributed by atoms with Gasteiger partial charge in [-0.3, -0.25) is 4.79 Å². The van der Waals surface area contributed by atoms with Gasteiger partial charge >= 0.3 is 6.61 Å². The van der Waals surface area contributed by atoms with Gasteiger partial charge in [-0.2, -0.15) is 13.8 Å². The van der Waals surface area contributed by atoms with Crippen molar-refractivity contribution >= 4 is 17.7 Å². The summed E-state index contributed by atoms with van der Waals surface area (Å²) in [6, 6.07) is 0.0548. The summed E-state index contributed by atoms with van der Waals surface area (Å²) in [6.07, 6.45) is 4.03. The first-order valence-electron chi connectivity index (χ1n) is 8.20. The smallest absolute Gasteiger partial charge is 0.345 e. The van der Waals surface area contributed by atoms with Crippen LogP contribution in [0.2, 0.25) is 0 Å². The number of nitrogens with one attached hydrogen (secondary N) is 2. The molecular weight excluding hydrogens is 332 g/mol. The van der Waals surface area contributed by atoms with E-state index >= 15 is 0 Å². The minimum atomic E-state index is -2.74. The normalized spacial score (nSPS) is 20.3. The number of nitrogens with zero attached hydrogens (tertiary/aromatic N) is 2. The Bertz CT molecular complexity index is 619. The number of nitrogens with two attached hydrogens (primary N) is 1. The van der Waals surface area contributed by atoms with Crippen molar-refractivity contribution in [3.8, 4) is 0 Å². The van der Waals surface area contributed by atoms with Crippen molar-refractivity contribution in [3.05, 3.63) is 24.0 Å². The zero-order valence-electron chi connectivity index (χ0n) is 14.1. The highest BCUT2D eigenvalue weighted by molar-refractivity contribution is 5.97. The van der Waals surface area contributed by atoms with Crippen LogP contribution in [0, 0.1) is 0 Å². The van der Waals surface area contributed by atoms with Gasteiger partial charge in [0.2, 0.25) is 5.95 Å². The maximum atomic E-state index is 12.2. The molecule has 0 unspecified atom stereocenters. The average molecular weight is 355 g/mol. The fourth-order valence-corrected chi connectivity index (χ4v) is 2.65. The molecule has 7 nitrogen and oxygen atoms in total. The van der Waals surface area contributed by atoms with Gasteiger partial charge in [-0.15, -0.1) is 0 Å². The number of rotatable bonds is 8. The molecule has 0 radical (unpaired) electrons. The fraction of sp³-hybridized carbons (Fsp3) is 0.562. The van der Waals surface area contributed by atoms with Gasteiger partial charge in [0, 0.05) is 17.9 Å². The van der Waals surface area contributed by atoms with Crippen LogP contribution < -0.4 is 16.4 Å². The van der Waals surface area contributed by atoms with Crippen molar-refractivity contribution < 1.29 is 18.3 Å².